The third-order valence-corrected chi connectivity index (χ3v) is 4.89. The highest BCUT2D eigenvalue weighted by molar-refractivity contribution is 5.94. The molecule has 0 atom stereocenters. The van der Waals surface area contributed by atoms with Crippen molar-refractivity contribution < 1.29 is 4.79 Å². The average molecular weight is 403 g/mol. The molecule has 4 rings (SSSR count). The molecule has 1 aliphatic rings. The largest absolute Gasteiger partial charge is 0.341 e. The molecular formula is C22H25N7O. The molecule has 2 heterocycles. The molecule has 1 fully saturated rings. The summed E-state index contributed by atoms with van der Waals surface area (Å²) in [7, 11) is 0. The van der Waals surface area contributed by atoms with Gasteiger partial charge in [0.25, 0.3) is 5.91 Å². The van der Waals surface area contributed by atoms with Crippen LogP contribution in [-0.4, -0.2) is 33.9 Å². The summed E-state index contributed by atoms with van der Waals surface area (Å²) in [4.78, 5) is 28.1. The Morgan fingerprint density at radius 1 is 0.867 bits per heavy atom. The van der Waals surface area contributed by atoms with Gasteiger partial charge in [-0.2, -0.15) is 15.0 Å². The number of nitrogens with zero attached hydrogens (tertiary/aromatic N) is 4. The van der Waals surface area contributed by atoms with Gasteiger partial charge in [0.1, 0.15) is 0 Å². The molecule has 1 saturated heterocycles. The third-order valence-electron chi connectivity index (χ3n) is 4.89. The number of hydrazine groups is 1. The highest BCUT2D eigenvalue weighted by Crippen LogP contribution is 2.20. The molecule has 0 spiro atoms. The molecule has 3 N–H and O–H groups in total. The van der Waals surface area contributed by atoms with Crippen LogP contribution in [-0.2, 0) is 0 Å². The zero-order chi connectivity index (χ0) is 20.8. The zero-order valence-electron chi connectivity index (χ0n) is 16.9. The number of hydrogen-bond acceptors (Lipinski definition) is 7. The molecule has 154 valence electrons. The number of aryl methyl sites for hydroxylation is 1. The standard InChI is InChI=1S/C22H25N7O/c1-16-10-12-17(13-11-16)19(30)27-28-21-24-20(23-18-8-4-2-5-9-18)25-22(26-21)29-14-6-3-7-15-29/h2,4-5,8-13H,3,6-7,14-15H2,1H3,(H,27,30)(H2,23,24,25,26,28). The normalized spacial score (nSPS) is 13.6. The van der Waals surface area contributed by atoms with Crippen molar-refractivity contribution in [3.63, 3.8) is 0 Å². The lowest BCUT2D eigenvalue weighted by molar-refractivity contribution is 0.0962. The number of nitrogens with one attached hydrogen (secondary N) is 3. The molecule has 0 unspecified atom stereocenters. The van der Waals surface area contributed by atoms with Gasteiger partial charge in [0.05, 0.1) is 0 Å². The van der Waals surface area contributed by atoms with Gasteiger partial charge in [-0.3, -0.25) is 15.6 Å². The topological polar surface area (TPSA) is 95.1 Å². The summed E-state index contributed by atoms with van der Waals surface area (Å²) in [5.74, 6) is 1.04. The van der Waals surface area contributed by atoms with Crippen LogP contribution in [0.4, 0.5) is 23.5 Å². The van der Waals surface area contributed by atoms with Gasteiger partial charge in [0, 0.05) is 24.3 Å². The van der Waals surface area contributed by atoms with Crippen LogP contribution in [0.15, 0.2) is 54.6 Å². The molecule has 1 aliphatic heterocycles. The predicted octanol–water partition coefficient (Wildman–Crippen LogP) is 3.67. The van der Waals surface area contributed by atoms with E-state index in [0.717, 1.165) is 37.2 Å². The smallest absolute Gasteiger partial charge is 0.269 e. The van der Waals surface area contributed by atoms with Gasteiger partial charge in [-0.15, -0.1) is 0 Å². The number of carbonyl (C=O) groups excluding carboxylic acids is 1. The van der Waals surface area contributed by atoms with E-state index in [0.29, 0.717) is 17.5 Å². The van der Waals surface area contributed by atoms with Crippen LogP contribution in [0.1, 0.15) is 35.2 Å². The maximum Gasteiger partial charge on any atom is 0.269 e. The molecule has 2 aromatic carbocycles. The monoisotopic (exact) mass is 403 g/mol. The summed E-state index contributed by atoms with van der Waals surface area (Å²) in [6.07, 6.45) is 3.44. The van der Waals surface area contributed by atoms with Crippen molar-refractivity contribution in [3.05, 3.63) is 65.7 Å². The Labute approximate surface area is 175 Å². The first-order valence-electron chi connectivity index (χ1n) is 10.1. The van der Waals surface area contributed by atoms with Gasteiger partial charge in [-0.05, 0) is 50.5 Å². The minimum atomic E-state index is -0.257. The van der Waals surface area contributed by atoms with Crippen molar-refractivity contribution in [2.75, 3.05) is 28.7 Å². The highest BCUT2D eigenvalue weighted by Gasteiger charge is 2.17. The second-order valence-electron chi connectivity index (χ2n) is 7.27. The van der Waals surface area contributed by atoms with Gasteiger partial charge in [0.15, 0.2) is 0 Å². The van der Waals surface area contributed by atoms with Gasteiger partial charge < -0.3 is 10.2 Å². The lowest BCUT2D eigenvalue weighted by Crippen LogP contribution is -2.33. The van der Waals surface area contributed by atoms with Crippen LogP contribution in [0.3, 0.4) is 0 Å². The molecule has 0 radical (unpaired) electrons. The van der Waals surface area contributed by atoms with Crippen LogP contribution >= 0.6 is 0 Å². The first-order chi connectivity index (χ1) is 14.7. The van der Waals surface area contributed by atoms with Crippen molar-refractivity contribution in [2.24, 2.45) is 0 Å². The van der Waals surface area contributed by atoms with Crippen molar-refractivity contribution in [2.45, 2.75) is 26.2 Å². The predicted molar refractivity (Wildman–Crippen MR) is 118 cm³/mol. The molecule has 8 nitrogen and oxygen atoms in total. The van der Waals surface area contributed by atoms with Crippen LogP contribution in [0.5, 0.6) is 0 Å². The summed E-state index contributed by atoms with van der Waals surface area (Å²) >= 11 is 0. The maximum absolute atomic E-state index is 12.4. The molecule has 1 amide bonds. The summed E-state index contributed by atoms with van der Waals surface area (Å²) < 4.78 is 0. The molecule has 0 aliphatic carbocycles. The van der Waals surface area contributed by atoms with Gasteiger partial charge in [-0.25, -0.2) is 0 Å². The summed E-state index contributed by atoms with van der Waals surface area (Å²) in [6.45, 7) is 3.79. The van der Waals surface area contributed by atoms with Crippen molar-refractivity contribution in [1.82, 2.24) is 20.4 Å². The number of amides is 1. The Bertz CT molecular complexity index is 986. The number of benzene rings is 2. The lowest BCUT2D eigenvalue weighted by Gasteiger charge is -2.27. The second-order valence-corrected chi connectivity index (χ2v) is 7.27. The summed E-state index contributed by atoms with van der Waals surface area (Å²) in [5.41, 5.74) is 8.03. The molecule has 3 aromatic rings. The molecule has 0 bridgehead atoms. The van der Waals surface area contributed by atoms with E-state index >= 15 is 0 Å². The Hall–Kier alpha value is -3.68. The van der Waals surface area contributed by atoms with E-state index in [1.165, 1.54) is 6.42 Å². The SMILES string of the molecule is Cc1ccc(C(=O)NNc2nc(Nc3ccccc3)nc(N3CCCCC3)n2)cc1. The van der Waals surface area contributed by atoms with Crippen LogP contribution < -0.4 is 21.1 Å². The number of para-hydroxylation sites is 1. The number of piperidine rings is 1. The fourth-order valence-electron chi connectivity index (χ4n) is 3.25. The van der Waals surface area contributed by atoms with Gasteiger partial charge in [0.2, 0.25) is 17.8 Å². The fourth-order valence-corrected chi connectivity index (χ4v) is 3.25. The van der Waals surface area contributed by atoms with E-state index < -0.39 is 0 Å². The first kappa shape index (κ1) is 19.6. The Balaban J connectivity index is 1.53. The van der Waals surface area contributed by atoms with E-state index in [1.807, 2.05) is 49.4 Å². The van der Waals surface area contributed by atoms with E-state index in [2.05, 4.69) is 36.0 Å². The first-order valence-corrected chi connectivity index (χ1v) is 10.1. The van der Waals surface area contributed by atoms with Crippen LogP contribution in [0.2, 0.25) is 0 Å². The Kier molecular flexibility index (Phi) is 6.03. The molecule has 1 aromatic heterocycles. The quantitative estimate of drug-likeness (QED) is 0.541. The highest BCUT2D eigenvalue weighted by atomic mass is 16.2. The number of aromatic nitrogens is 3. The van der Waals surface area contributed by atoms with E-state index in [-0.39, 0.29) is 11.9 Å². The maximum atomic E-state index is 12.4. The fraction of sp³-hybridized carbons (Fsp3) is 0.273. The Morgan fingerprint density at radius 2 is 1.57 bits per heavy atom. The van der Waals surface area contributed by atoms with Crippen LogP contribution in [0, 0.1) is 6.92 Å². The summed E-state index contributed by atoms with van der Waals surface area (Å²) in [5, 5.41) is 3.21. The molecule has 8 heteroatoms. The second kappa shape index (κ2) is 9.21. The van der Waals surface area contributed by atoms with Crippen molar-refractivity contribution >= 4 is 29.4 Å². The van der Waals surface area contributed by atoms with Crippen molar-refractivity contribution in [3.8, 4) is 0 Å². The lowest BCUT2D eigenvalue weighted by atomic mass is 10.1. The molecule has 30 heavy (non-hydrogen) atoms. The molecule has 0 saturated carbocycles. The van der Waals surface area contributed by atoms with E-state index in [4.69, 9.17) is 0 Å². The van der Waals surface area contributed by atoms with Gasteiger partial charge in [-0.1, -0.05) is 35.9 Å². The average Bonchev–Trinajstić information content (AvgIpc) is 2.79. The third kappa shape index (κ3) is 5.02. The number of hydrogen-bond donors (Lipinski definition) is 3. The Morgan fingerprint density at radius 3 is 2.30 bits per heavy atom. The van der Waals surface area contributed by atoms with Crippen molar-refractivity contribution in [1.29, 1.82) is 0 Å². The number of carbonyl (C=O) groups is 1. The zero-order valence-corrected chi connectivity index (χ0v) is 16.9. The minimum Gasteiger partial charge on any atom is -0.341 e. The number of anilines is 4. The van der Waals surface area contributed by atoms with Crippen LogP contribution in [0.25, 0.3) is 0 Å². The summed E-state index contributed by atoms with van der Waals surface area (Å²) in [6, 6.07) is 17.1. The number of rotatable bonds is 6. The van der Waals surface area contributed by atoms with E-state index in [9.17, 15) is 4.79 Å². The van der Waals surface area contributed by atoms with E-state index in [1.54, 1.807) is 12.1 Å². The molecular weight excluding hydrogens is 378 g/mol. The minimum absolute atomic E-state index is 0.257. The van der Waals surface area contributed by atoms with Gasteiger partial charge >= 0.3 is 0 Å².